The van der Waals surface area contributed by atoms with E-state index in [1.807, 2.05) is 0 Å². The van der Waals surface area contributed by atoms with E-state index >= 15 is 0 Å². The number of ether oxygens (including phenoxy) is 2. The molecule has 0 fully saturated rings. The zero-order valence-electron chi connectivity index (χ0n) is 18.2. The number of carbonyl (C=O) groups is 1. The normalized spacial score (nSPS) is 16.8. The van der Waals surface area contributed by atoms with E-state index in [2.05, 4.69) is 25.3 Å². The Morgan fingerprint density at radius 2 is 2.00 bits per heavy atom. The summed E-state index contributed by atoms with van der Waals surface area (Å²) < 4.78 is 61.8. The van der Waals surface area contributed by atoms with Crippen LogP contribution in [0.5, 0.6) is 11.5 Å². The van der Waals surface area contributed by atoms with Crippen molar-refractivity contribution in [2.75, 3.05) is 11.9 Å². The predicted molar refractivity (Wildman–Crippen MR) is 116 cm³/mol. The molecule has 5 N–H and O–H groups in total. The van der Waals surface area contributed by atoms with Gasteiger partial charge in [0.05, 0.1) is 18.5 Å². The third-order valence-electron chi connectivity index (χ3n) is 5.28. The molecule has 10 nitrogen and oxygen atoms in total. The lowest BCUT2D eigenvalue weighted by Gasteiger charge is -2.39. The third-order valence-corrected chi connectivity index (χ3v) is 5.28. The first-order valence-corrected chi connectivity index (χ1v) is 10.3. The van der Waals surface area contributed by atoms with Gasteiger partial charge in [-0.2, -0.15) is 0 Å². The van der Waals surface area contributed by atoms with Crippen LogP contribution in [0.2, 0.25) is 0 Å². The highest BCUT2D eigenvalue weighted by Crippen LogP contribution is 2.41. The summed E-state index contributed by atoms with van der Waals surface area (Å²) in [6.07, 6.45) is -2.32. The zero-order valence-corrected chi connectivity index (χ0v) is 18.2. The van der Waals surface area contributed by atoms with E-state index in [9.17, 15) is 22.4 Å². The van der Waals surface area contributed by atoms with Gasteiger partial charge < -0.3 is 20.1 Å². The van der Waals surface area contributed by atoms with E-state index in [1.165, 1.54) is 30.6 Å². The van der Waals surface area contributed by atoms with Gasteiger partial charge >= 0.3 is 12.4 Å². The van der Waals surface area contributed by atoms with Crippen LogP contribution in [-0.4, -0.2) is 40.0 Å². The van der Waals surface area contributed by atoms with Gasteiger partial charge in [0.25, 0.3) is 0 Å². The Balaban J connectivity index is 1.68. The fourth-order valence-electron chi connectivity index (χ4n) is 3.74. The summed E-state index contributed by atoms with van der Waals surface area (Å²) in [5.41, 5.74) is 0.864. The number of halogens is 4. The molecule has 0 bridgehead atoms. The zero-order chi connectivity index (χ0) is 25.9. The van der Waals surface area contributed by atoms with Crippen molar-refractivity contribution in [1.82, 2.24) is 20.8 Å². The van der Waals surface area contributed by atoms with Crippen molar-refractivity contribution in [2.45, 2.75) is 18.3 Å². The maximum absolute atomic E-state index is 14.6. The Labute approximate surface area is 200 Å². The molecule has 1 atom stereocenters. The van der Waals surface area contributed by atoms with Crippen LogP contribution in [0, 0.1) is 11.2 Å². The lowest BCUT2D eigenvalue weighted by molar-refractivity contribution is -0.275. The number of rotatable bonds is 5. The average molecular weight is 506 g/mol. The number of pyridine rings is 2. The van der Waals surface area contributed by atoms with E-state index in [0.717, 1.165) is 12.1 Å². The Bertz CT molecular complexity index is 1290. The molecule has 0 spiro atoms. The molecule has 14 heteroatoms. The highest BCUT2D eigenvalue weighted by atomic mass is 19.4. The molecule has 1 aliphatic heterocycles. The van der Waals surface area contributed by atoms with Gasteiger partial charge in [0.2, 0.25) is 0 Å². The van der Waals surface area contributed by atoms with E-state index in [1.54, 1.807) is 17.6 Å². The highest BCUT2D eigenvalue weighted by molar-refractivity contribution is 5.94. The van der Waals surface area contributed by atoms with Crippen molar-refractivity contribution < 1.29 is 37.0 Å². The maximum atomic E-state index is 14.6. The monoisotopic (exact) mass is 506 g/mol. The molecule has 0 saturated heterocycles. The number of aromatic nitrogens is 2. The molecule has 3 aromatic rings. The van der Waals surface area contributed by atoms with Crippen LogP contribution in [0.4, 0.5) is 28.0 Å². The quantitative estimate of drug-likeness (QED) is 0.154. The first kappa shape index (κ1) is 24.7. The lowest BCUT2D eigenvalue weighted by Crippen LogP contribution is -2.51. The second-order valence-electron chi connectivity index (χ2n) is 7.54. The number of hydroxylamine groups is 1. The number of amidine groups is 1. The number of urea groups is 1. The number of fused-ring (bicyclic) bond motifs is 1. The predicted octanol–water partition coefficient (Wildman–Crippen LogP) is 3.67. The molecule has 1 aliphatic rings. The molecule has 4 rings (SSSR count). The van der Waals surface area contributed by atoms with Gasteiger partial charge in [-0.1, -0.05) is 6.07 Å². The number of hydrogen-bond donors (Lipinski definition) is 5. The summed E-state index contributed by atoms with van der Waals surface area (Å²) >= 11 is 0. The van der Waals surface area contributed by atoms with Crippen LogP contribution in [0.25, 0.3) is 0 Å². The van der Waals surface area contributed by atoms with Crippen LogP contribution in [0.15, 0.2) is 54.9 Å². The molecular formula is C22H18F4N6O4. The first-order valence-electron chi connectivity index (χ1n) is 10.3. The molecule has 36 heavy (non-hydrogen) atoms. The number of alkyl halides is 3. The standard InChI is InChI=1S/C22H18F4N6O4/c23-14-10-12(3-6-16(14)36-22(24,25)26)21(7-9-35-17-2-1-8-28-18(17)21)31-20(33)30-13-4-5-15(29-11-13)19(27)32-34/h1-6,8,10-11,34H,7,9H2,(H2,27,32)(H2,30,31,33)/t21-/m0/s1. The molecule has 0 unspecified atom stereocenters. The van der Waals surface area contributed by atoms with E-state index in [-0.39, 0.29) is 41.5 Å². The molecule has 2 amide bonds. The van der Waals surface area contributed by atoms with Gasteiger partial charge in [-0.05, 0) is 42.0 Å². The van der Waals surface area contributed by atoms with Crippen LogP contribution < -0.4 is 25.6 Å². The molecule has 1 aromatic carbocycles. The Morgan fingerprint density at radius 1 is 1.19 bits per heavy atom. The minimum atomic E-state index is -5.08. The van der Waals surface area contributed by atoms with E-state index in [4.69, 9.17) is 15.4 Å². The third kappa shape index (κ3) is 5.12. The minimum absolute atomic E-state index is 0.0832. The fourth-order valence-corrected chi connectivity index (χ4v) is 3.74. The van der Waals surface area contributed by atoms with Gasteiger partial charge in [-0.25, -0.2) is 9.18 Å². The number of benzene rings is 1. The molecule has 0 aliphatic carbocycles. The summed E-state index contributed by atoms with van der Waals surface area (Å²) in [5.74, 6) is -2.35. The van der Waals surface area contributed by atoms with Gasteiger partial charge in [0.1, 0.15) is 22.7 Å². The van der Waals surface area contributed by atoms with Crippen LogP contribution >= 0.6 is 0 Å². The molecule has 0 saturated carbocycles. The number of nitrogens with zero attached hydrogens (tertiary/aromatic N) is 2. The Kier molecular flexibility index (Phi) is 6.61. The van der Waals surface area contributed by atoms with Crippen LogP contribution in [-0.2, 0) is 5.54 Å². The summed E-state index contributed by atoms with van der Waals surface area (Å²) in [5, 5.41) is 21.6. The van der Waals surface area contributed by atoms with Gasteiger partial charge in [-0.15, -0.1) is 13.2 Å². The number of hydrogen-bond acceptors (Lipinski definition) is 7. The molecular weight excluding hydrogens is 488 g/mol. The van der Waals surface area contributed by atoms with Crippen molar-refractivity contribution in [2.24, 2.45) is 0 Å². The lowest BCUT2D eigenvalue weighted by atomic mass is 9.81. The average Bonchev–Trinajstić information content (AvgIpc) is 2.84. The number of nitrogens with one attached hydrogen (secondary N) is 4. The smallest absolute Gasteiger partial charge is 0.491 e. The number of amides is 2. The molecule has 188 valence electrons. The van der Waals surface area contributed by atoms with Gasteiger partial charge in [0.15, 0.2) is 17.4 Å². The second kappa shape index (κ2) is 9.65. The summed E-state index contributed by atoms with van der Waals surface area (Å²) in [6.45, 7) is 0.0912. The van der Waals surface area contributed by atoms with Crippen molar-refractivity contribution >= 4 is 17.6 Å². The Hall–Kier alpha value is -4.46. The maximum Gasteiger partial charge on any atom is 0.573 e. The van der Waals surface area contributed by atoms with Gasteiger partial charge in [-0.3, -0.25) is 26.1 Å². The molecule has 0 radical (unpaired) electrons. The summed E-state index contributed by atoms with van der Waals surface area (Å²) in [4.78, 5) is 21.2. The number of anilines is 1. The van der Waals surface area contributed by atoms with Crippen molar-refractivity contribution in [3.63, 3.8) is 0 Å². The number of carbonyl (C=O) groups excluding carboxylic acids is 1. The van der Waals surface area contributed by atoms with E-state index in [0.29, 0.717) is 5.75 Å². The van der Waals surface area contributed by atoms with E-state index < -0.39 is 29.5 Å². The second-order valence-corrected chi connectivity index (χ2v) is 7.54. The fraction of sp³-hybridized carbons (Fsp3) is 0.182. The minimum Gasteiger partial charge on any atom is -0.491 e. The summed E-state index contributed by atoms with van der Waals surface area (Å²) in [6, 6.07) is 8.12. The molecule has 2 aromatic heterocycles. The SMILES string of the molecule is N=C(NO)c1ccc(NC(=O)N[C@]2(c3ccc(OC(F)(F)F)c(F)c3)CCOc3cccnc32)cn1. The van der Waals surface area contributed by atoms with Crippen molar-refractivity contribution in [3.05, 3.63) is 77.6 Å². The van der Waals surface area contributed by atoms with Crippen molar-refractivity contribution in [1.29, 1.82) is 5.41 Å². The summed E-state index contributed by atoms with van der Waals surface area (Å²) in [7, 11) is 0. The Morgan fingerprint density at radius 3 is 2.67 bits per heavy atom. The highest BCUT2D eigenvalue weighted by Gasteiger charge is 2.43. The van der Waals surface area contributed by atoms with Crippen LogP contribution in [0.3, 0.4) is 0 Å². The van der Waals surface area contributed by atoms with Crippen LogP contribution in [0.1, 0.15) is 23.4 Å². The van der Waals surface area contributed by atoms with Gasteiger partial charge in [0, 0.05) is 12.6 Å². The first-order chi connectivity index (χ1) is 17.1. The topological polar surface area (TPSA) is 141 Å². The molecule has 3 heterocycles. The van der Waals surface area contributed by atoms with Crippen molar-refractivity contribution in [3.8, 4) is 11.5 Å². The largest absolute Gasteiger partial charge is 0.573 e.